The quantitative estimate of drug-likeness (QED) is 0.754. The first kappa shape index (κ1) is 13.4. The average Bonchev–Trinajstić information content (AvgIpc) is 2.14. The van der Waals surface area contributed by atoms with Crippen molar-refractivity contribution in [3.8, 4) is 0 Å². The van der Waals surface area contributed by atoms with Crippen molar-refractivity contribution >= 4 is 11.7 Å². The fourth-order valence-electron chi connectivity index (χ4n) is 1.38. The van der Waals surface area contributed by atoms with Gasteiger partial charge in [0.15, 0.2) is 0 Å². The lowest BCUT2D eigenvalue weighted by Crippen LogP contribution is -2.30. The fourth-order valence-corrected chi connectivity index (χ4v) is 1.38. The number of rotatable bonds is 4. The highest BCUT2D eigenvalue weighted by atomic mass is 19.1. The number of carbonyl (C=O) groups excluding carboxylic acids is 1. The van der Waals surface area contributed by atoms with Crippen LogP contribution in [0.1, 0.15) is 18.9 Å². The van der Waals surface area contributed by atoms with Crippen LogP contribution in [0.3, 0.4) is 0 Å². The number of halogens is 1. The van der Waals surface area contributed by atoms with Gasteiger partial charge in [-0.3, -0.25) is 0 Å². The van der Waals surface area contributed by atoms with Gasteiger partial charge in [0.05, 0.1) is 6.10 Å². The number of hydrogen-bond donors (Lipinski definition) is 3. The van der Waals surface area contributed by atoms with E-state index in [-0.39, 0.29) is 5.82 Å². The molecule has 94 valence electrons. The Balaban J connectivity index is 2.45. The van der Waals surface area contributed by atoms with Crippen molar-refractivity contribution in [2.24, 2.45) is 0 Å². The lowest BCUT2D eigenvalue weighted by atomic mass is 10.2. The van der Waals surface area contributed by atoms with Crippen molar-refractivity contribution in [1.82, 2.24) is 5.32 Å². The monoisotopic (exact) mass is 240 g/mol. The molecule has 0 spiro atoms. The zero-order valence-corrected chi connectivity index (χ0v) is 9.96. The highest BCUT2D eigenvalue weighted by Crippen LogP contribution is 2.12. The van der Waals surface area contributed by atoms with E-state index in [0.29, 0.717) is 18.7 Å². The van der Waals surface area contributed by atoms with Crippen molar-refractivity contribution in [2.75, 3.05) is 11.9 Å². The molecule has 5 heteroatoms. The van der Waals surface area contributed by atoms with Gasteiger partial charge in [0.1, 0.15) is 5.82 Å². The molecule has 0 saturated carbocycles. The van der Waals surface area contributed by atoms with Gasteiger partial charge in [-0.2, -0.15) is 0 Å². The maximum atomic E-state index is 13.0. The Morgan fingerprint density at radius 3 is 2.76 bits per heavy atom. The first-order valence-electron chi connectivity index (χ1n) is 5.47. The zero-order chi connectivity index (χ0) is 12.8. The van der Waals surface area contributed by atoms with Crippen LogP contribution in [0, 0.1) is 12.7 Å². The van der Waals surface area contributed by atoms with Crippen LogP contribution in [-0.4, -0.2) is 23.8 Å². The minimum absolute atomic E-state index is 0.373. The smallest absolute Gasteiger partial charge is 0.319 e. The molecule has 3 N–H and O–H groups in total. The van der Waals surface area contributed by atoms with E-state index in [4.69, 9.17) is 5.11 Å². The largest absolute Gasteiger partial charge is 0.393 e. The van der Waals surface area contributed by atoms with Crippen molar-refractivity contribution in [3.63, 3.8) is 0 Å². The van der Waals surface area contributed by atoms with E-state index in [9.17, 15) is 9.18 Å². The third-order valence-electron chi connectivity index (χ3n) is 2.15. The third kappa shape index (κ3) is 5.31. The molecule has 0 radical (unpaired) electrons. The Hall–Kier alpha value is -1.62. The fraction of sp³-hybridized carbons (Fsp3) is 0.417. The van der Waals surface area contributed by atoms with Crippen LogP contribution in [0.15, 0.2) is 18.2 Å². The van der Waals surface area contributed by atoms with E-state index in [2.05, 4.69) is 10.6 Å². The van der Waals surface area contributed by atoms with E-state index in [1.807, 2.05) is 0 Å². The summed E-state index contributed by atoms with van der Waals surface area (Å²) < 4.78 is 13.0. The molecular formula is C12H17FN2O2. The molecule has 4 nitrogen and oxygen atoms in total. The predicted molar refractivity (Wildman–Crippen MR) is 64.5 cm³/mol. The summed E-state index contributed by atoms with van der Waals surface area (Å²) in [5.41, 5.74) is 1.15. The van der Waals surface area contributed by atoms with Crippen LogP contribution in [-0.2, 0) is 0 Å². The van der Waals surface area contributed by atoms with Gasteiger partial charge >= 0.3 is 6.03 Å². The minimum atomic E-state index is -0.452. The van der Waals surface area contributed by atoms with Gasteiger partial charge in [-0.15, -0.1) is 0 Å². The second-order valence-corrected chi connectivity index (χ2v) is 4.04. The van der Waals surface area contributed by atoms with Gasteiger partial charge in [-0.05, 0) is 44.0 Å². The van der Waals surface area contributed by atoms with Crippen molar-refractivity contribution in [1.29, 1.82) is 0 Å². The van der Waals surface area contributed by atoms with Gasteiger partial charge in [0, 0.05) is 12.2 Å². The molecular weight excluding hydrogens is 223 g/mol. The number of nitrogens with one attached hydrogen (secondary N) is 2. The van der Waals surface area contributed by atoms with Gasteiger partial charge in [0.2, 0.25) is 0 Å². The molecule has 0 heterocycles. The van der Waals surface area contributed by atoms with Gasteiger partial charge in [0.25, 0.3) is 0 Å². The molecule has 0 aromatic heterocycles. The topological polar surface area (TPSA) is 61.4 Å². The lowest BCUT2D eigenvalue weighted by Gasteiger charge is -2.09. The molecule has 2 amide bonds. The molecule has 1 unspecified atom stereocenters. The molecule has 1 atom stereocenters. The average molecular weight is 240 g/mol. The Labute approximate surface area is 99.8 Å². The number of aliphatic hydroxyl groups excluding tert-OH is 1. The number of urea groups is 1. The molecule has 1 rings (SSSR count). The van der Waals surface area contributed by atoms with Crippen molar-refractivity contribution in [3.05, 3.63) is 29.6 Å². The summed E-state index contributed by atoms with van der Waals surface area (Å²) in [5, 5.41) is 14.1. The maximum Gasteiger partial charge on any atom is 0.319 e. The molecule has 0 aliphatic carbocycles. The van der Waals surface area contributed by atoms with Crippen molar-refractivity contribution in [2.45, 2.75) is 26.4 Å². The van der Waals surface area contributed by atoms with E-state index >= 15 is 0 Å². The van der Waals surface area contributed by atoms with Crippen LogP contribution in [0.4, 0.5) is 14.9 Å². The number of aliphatic hydroxyl groups is 1. The number of benzene rings is 1. The first-order valence-corrected chi connectivity index (χ1v) is 5.47. The summed E-state index contributed by atoms with van der Waals surface area (Å²) in [4.78, 5) is 11.4. The Bertz CT molecular complexity index is 374. The second-order valence-electron chi connectivity index (χ2n) is 4.04. The molecule has 0 bridgehead atoms. The van der Waals surface area contributed by atoms with Crippen LogP contribution in [0.2, 0.25) is 0 Å². The van der Waals surface area contributed by atoms with Crippen LogP contribution in [0.5, 0.6) is 0 Å². The van der Waals surface area contributed by atoms with Gasteiger partial charge < -0.3 is 15.7 Å². The lowest BCUT2D eigenvalue weighted by molar-refractivity contribution is 0.184. The summed E-state index contributed by atoms with van der Waals surface area (Å²) in [7, 11) is 0. The van der Waals surface area contributed by atoms with Crippen molar-refractivity contribution < 1.29 is 14.3 Å². The highest BCUT2D eigenvalue weighted by molar-refractivity contribution is 5.89. The Kier molecular flexibility index (Phi) is 4.90. The number of anilines is 1. The molecule has 0 aliphatic rings. The normalized spacial score (nSPS) is 12.0. The summed E-state index contributed by atoms with van der Waals surface area (Å²) >= 11 is 0. The highest BCUT2D eigenvalue weighted by Gasteiger charge is 2.04. The predicted octanol–water partition coefficient (Wildman–Crippen LogP) is 2.03. The number of aryl methyl sites for hydroxylation is 1. The molecule has 0 saturated heterocycles. The summed E-state index contributed by atoms with van der Waals surface area (Å²) in [6.07, 6.45) is 0.0296. The van der Waals surface area contributed by atoms with Crippen LogP contribution >= 0.6 is 0 Å². The summed E-state index contributed by atoms with van der Waals surface area (Å²) in [6, 6.07) is 3.91. The van der Waals surface area contributed by atoms with Gasteiger partial charge in [-0.25, -0.2) is 9.18 Å². The summed E-state index contributed by atoms with van der Waals surface area (Å²) in [5.74, 6) is -0.385. The SMILES string of the molecule is Cc1cc(F)cc(NC(=O)NCCC(C)O)c1. The number of amides is 2. The minimum Gasteiger partial charge on any atom is -0.393 e. The molecule has 1 aromatic carbocycles. The first-order chi connectivity index (χ1) is 7.97. The van der Waals surface area contributed by atoms with E-state index < -0.39 is 12.1 Å². The Morgan fingerprint density at radius 2 is 2.18 bits per heavy atom. The van der Waals surface area contributed by atoms with Crippen LogP contribution in [0.25, 0.3) is 0 Å². The second kappa shape index (κ2) is 6.20. The number of carbonyl (C=O) groups is 1. The molecule has 1 aromatic rings. The van der Waals surface area contributed by atoms with E-state index in [1.165, 1.54) is 12.1 Å². The third-order valence-corrected chi connectivity index (χ3v) is 2.15. The van der Waals surface area contributed by atoms with E-state index in [0.717, 1.165) is 5.56 Å². The number of hydrogen-bond acceptors (Lipinski definition) is 2. The maximum absolute atomic E-state index is 13.0. The standard InChI is InChI=1S/C12H17FN2O2/c1-8-5-10(13)7-11(6-8)15-12(17)14-4-3-9(2)16/h5-7,9,16H,3-4H2,1-2H3,(H2,14,15,17). The van der Waals surface area contributed by atoms with E-state index in [1.54, 1.807) is 19.9 Å². The molecule has 0 fully saturated rings. The Morgan fingerprint density at radius 1 is 1.47 bits per heavy atom. The molecule has 17 heavy (non-hydrogen) atoms. The zero-order valence-electron chi connectivity index (χ0n) is 9.96. The van der Waals surface area contributed by atoms with Gasteiger partial charge in [-0.1, -0.05) is 0 Å². The summed E-state index contributed by atoms with van der Waals surface area (Å²) in [6.45, 7) is 3.77. The molecule has 0 aliphatic heterocycles. The van der Waals surface area contributed by atoms with Crippen LogP contribution < -0.4 is 10.6 Å².